The molecule has 0 radical (unpaired) electrons. The van der Waals surface area contributed by atoms with Gasteiger partial charge in [0.05, 0.1) is 5.60 Å². The number of aliphatic hydroxyl groups is 1. The van der Waals surface area contributed by atoms with Crippen LogP contribution in [0.25, 0.3) is 0 Å². The predicted octanol–water partition coefficient (Wildman–Crippen LogP) is 2.55. The van der Waals surface area contributed by atoms with Crippen molar-refractivity contribution in [1.29, 1.82) is 0 Å². The number of methoxy groups -OCH3 is 1. The van der Waals surface area contributed by atoms with Crippen molar-refractivity contribution in [2.75, 3.05) is 7.11 Å². The van der Waals surface area contributed by atoms with Crippen LogP contribution in [-0.2, 0) is 14.3 Å². The number of hydrogen-bond acceptors (Lipinski definition) is 4. The van der Waals surface area contributed by atoms with Crippen LogP contribution in [0.15, 0.2) is 11.1 Å². The molecule has 0 spiro atoms. The number of fused-ring (bicyclic) bond motifs is 2. The third-order valence-corrected chi connectivity index (χ3v) is 5.87. The normalized spacial score (nSPS) is 47.9. The third-order valence-electron chi connectivity index (χ3n) is 5.87. The van der Waals surface area contributed by atoms with Crippen LogP contribution in [0, 0.1) is 11.3 Å². The summed E-state index contributed by atoms with van der Waals surface area (Å²) in [5.74, 6) is -1.00. The molecule has 1 heterocycles. The van der Waals surface area contributed by atoms with E-state index < -0.39 is 11.4 Å². The number of carbonyl (C=O) groups excluding carboxylic acids is 1. The van der Waals surface area contributed by atoms with Gasteiger partial charge in [0.25, 0.3) is 0 Å². The Labute approximate surface area is 120 Å². The van der Waals surface area contributed by atoms with Crippen LogP contribution < -0.4 is 0 Å². The molecule has 3 aliphatic rings. The fraction of sp³-hybridized carbons (Fsp3) is 0.812. The van der Waals surface area contributed by atoms with Gasteiger partial charge >= 0.3 is 5.97 Å². The Morgan fingerprint density at radius 3 is 2.70 bits per heavy atom. The summed E-state index contributed by atoms with van der Waals surface area (Å²) in [4.78, 5) is 12.0. The zero-order valence-corrected chi connectivity index (χ0v) is 12.8. The van der Waals surface area contributed by atoms with Gasteiger partial charge in [-0.2, -0.15) is 0 Å². The second kappa shape index (κ2) is 4.08. The first-order chi connectivity index (χ1) is 9.24. The molecule has 112 valence electrons. The van der Waals surface area contributed by atoms with Crippen molar-refractivity contribution < 1.29 is 19.4 Å². The molecule has 0 aromatic rings. The molecule has 0 aromatic carbocycles. The van der Waals surface area contributed by atoms with Crippen molar-refractivity contribution in [3.8, 4) is 0 Å². The topological polar surface area (TPSA) is 55.8 Å². The first-order valence-electron chi connectivity index (χ1n) is 7.45. The van der Waals surface area contributed by atoms with Gasteiger partial charge in [0.15, 0.2) is 0 Å². The molecule has 0 unspecified atom stereocenters. The molecule has 0 saturated heterocycles. The predicted molar refractivity (Wildman–Crippen MR) is 73.8 cm³/mol. The van der Waals surface area contributed by atoms with Crippen molar-refractivity contribution in [3.63, 3.8) is 0 Å². The standard InChI is InChI=1S/C16H24O4/c1-10-11-8-12-14(2,6-5-7-15(12,3)18)9-16(11,19-4)20-13(10)17/h12,18H,5-9H2,1-4H3/t12-,14-,15-,16+/m0/s1. The van der Waals surface area contributed by atoms with Gasteiger partial charge in [-0.05, 0) is 44.4 Å². The maximum absolute atomic E-state index is 12.0. The van der Waals surface area contributed by atoms with E-state index in [0.29, 0.717) is 18.4 Å². The smallest absolute Gasteiger partial charge is 0.336 e. The van der Waals surface area contributed by atoms with E-state index >= 15 is 0 Å². The summed E-state index contributed by atoms with van der Waals surface area (Å²) in [5, 5.41) is 10.8. The SMILES string of the molecule is CO[C@@]12C[C@]3(C)CCC[C@](C)(O)[C@H]3CC1=C(C)C(=O)O2. The first kappa shape index (κ1) is 14.1. The molecule has 0 bridgehead atoms. The lowest BCUT2D eigenvalue weighted by Gasteiger charge is -2.56. The molecule has 3 rings (SSSR count). The first-order valence-corrected chi connectivity index (χ1v) is 7.45. The minimum atomic E-state index is -0.889. The van der Waals surface area contributed by atoms with E-state index in [1.165, 1.54) is 0 Å². The van der Waals surface area contributed by atoms with Crippen LogP contribution >= 0.6 is 0 Å². The molecular formula is C16H24O4. The summed E-state index contributed by atoms with van der Waals surface area (Å²) in [7, 11) is 1.61. The maximum atomic E-state index is 12.0. The largest absolute Gasteiger partial charge is 0.426 e. The van der Waals surface area contributed by atoms with E-state index in [2.05, 4.69) is 6.92 Å². The second-order valence-corrected chi connectivity index (χ2v) is 7.25. The molecule has 2 aliphatic carbocycles. The highest BCUT2D eigenvalue weighted by molar-refractivity contribution is 5.92. The van der Waals surface area contributed by atoms with Crippen LogP contribution in [0.3, 0.4) is 0 Å². The summed E-state index contributed by atoms with van der Waals surface area (Å²) in [6.07, 6.45) is 4.22. The molecule has 4 atom stereocenters. The highest BCUT2D eigenvalue weighted by Gasteiger charge is 2.61. The molecular weight excluding hydrogens is 256 g/mol. The molecule has 2 fully saturated rings. The highest BCUT2D eigenvalue weighted by Crippen LogP contribution is 2.60. The van der Waals surface area contributed by atoms with Gasteiger partial charge in [0, 0.05) is 24.7 Å². The monoisotopic (exact) mass is 280 g/mol. The minimum Gasteiger partial charge on any atom is -0.426 e. The summed E-state index contributed by atoms with van der Waals surface area (Å²) in [6.45, 7) is 5.94. The van der Waals surface area contributed by atoms with Crippen LogP contribution in [-0.4, -0.2) is 29.6 Å². The van der Waals surface area contributed by atoms with Gasteiger partial charge in [-0.25, -0.2) is 4.79 Å². The zero-order valence-electron chi connectivity index (χ0n) is 12.8. The van der Waals surface area contributed by atoms with E-state index in [-0.39, 0.29) is 17.3 Å². The van der Waals surface area contributed by atoms with E-state index in [4.69, 9.17) is 9.47 Å². The second-order valence-electron chi connectivity index (χ2n) is 7.25. The van der Waals surface area contributed by atoms with Crippen LogP contribution in [0.5, 0.6) is 0 Å². The lowest BCUT2D eigenvalue weighted by molar-refractivity contribution is -0.231. The minimum absolute atomic E-state index is 0.0494. The summed E-state index contributed by atoms with van der Waals surface area (Å²) < 4.78 is 11.2. The van der Waals surface area contributed by atoms with Crippen molar-refractivity contribution >= 4 is 5.97 Å². The Kier molecular flexibility index (Phi) is 2.87. The van der Waals surface area contributed by atoms with Gasteiger partial charge < -0.3 is 14.6 Å². The van der Waals surface area contributed by atoms with Gasteiger partial charge in [-0.3, -0.25) is 0 Å². The Bertz CT molecular complexity index is 493. The maximum Gasteiger partial charge on any atom is 0.336 e. The Hall–Kier alpha value is -0.870. The van der Waals surface area contributed by atoms with Gasteiger partial charge in [-0.1, -0.05) is 13.3 Å². The van der Waals surface area contributed by atoms with Crippen molar-refractivity contribution in [1.82, 2.24) is 0 Å². The number of rotatable bonds is 1. The molecule has 1 N–H and O–H groups in total. The lowest BCUT2D eigenvalue weighted by atomic mass is 9.53. The molecule has 4 heteroatoms. The number of carbonyl (C=O) groups is 1. The molecule has 0 amide bonds. The van der Waals surface area contributed by atoms with Gasteiger partial charge in [0.1, 0.15) is 0 Å². The number of esters is 1. The number of hydrogen-bond donors (Lipinski definition) is 1. The van der Waals surface area contributed by atoms with Crippen molar-refractivity contribution in [2.24, 2.45) is 11.3 Å². The Balaban J connectivity index is 2.06. The molecule has 0 aromatic heterocycles. The van der Waals surface area contributed by atoms with Gasteiger partial charge in [0.2, 0.25) is 5.79 Å². The lowest BCUT2D eigenvalue weighted by Crippen LogP contribution is -2.56. The third kappa shape index (κ3) is 1.70. The van der Waals surface area contributed by atoms with Crippen LogP contribution in [0.1, 0.15) is 52.9 Å². The molecule has 4 nitrogen and oxygen atoms in total. The summed E-state index contributed by atoms with van der Waals surface area (Å²) in [5.41, 5.74) is 0.878. The van der Waals surface area contributed by atoms with E-state index in [1.54, 1.807) is 14.0 Å². The van der Waals surface area contributed by atoms with Crippen LogP contribution in [0.2, 0.25) is 0 Å². The van der Waals surface area contributed by atoms with E-state index in [0.717, 1.165) is 24.8 Å². The Morgan fingerprint density at radius 1 is 1.35 bits per heavy atom. The summed E-state index contributed by atoms with van der Waals surface area (Å²) in [6, 6.07) is 0. The van der Waals surface area contributed by atoms with E-state index in [9.17, 15) is 9.90 Å². The molecule has 20 heavy (non-hydrogen) atoms. The fourth-order valence-corrected chi connectivity index (χ4v) is 4.75. The highest BCUT2D eigenvalue weighted by atomic mass is 16.7. The average molecular weight is 280 g/mol. The van der Waals surface area contributed by atoms with Gasteiger partial charge in [-0.15, -0.1) is 0 Å². The Morgan fingerprint density at radius 2 is 2.05 bits per heavy atom. The van der Waals surface area contributed by atoms with Crippen LogP contribution in [0.4, 0.5) is 0 Å². The summed E-state index contributed by atoms with van der Waals surface area (Å²) >= 11 is 0. The number of ether oxygens (including phenoxy) is 2. The quantitative estimate of drug-likeness (QED) is 0.750. The molecule has 2 saturated carbocycles. The van der Waals surface area contributed by atoms with Crippen molar-refractivity contribution in [2.45, 2.75) is 64.3 Å². The van der Waals surface area contributed by atoms with Crippen molar-refractivity contribution in [3.05, 3.63) is 11.1 Å². The molecule has 1 aliphatic heterocycles. The fourth-order valence-electron chi connectivity index (χ4n) is 4.75. The zero-order chi connectivity index (χ0) is 14.8. The average Bonchev–Trinajstić information content (AvgIpc) is 2.59. The van der Waals surface area contributed by atoms with E-state index in [1.807, 2.05) is 6.92 Å².